The van der Waals surface area contributed by atoms with Gasteiger partial charge < -0.3 is 4.90 Å². The van der Waals surface area contributed by atoms with Crippen molar-refractivity contribution < 1.29 is 8.42 Å². The molecule has 0 atom stereocenters. The largest absolute Gasteiger partial charge is 0.302 e. The minimum atomic E-state index is -3.34. The number of nitrogens with one attached hydrogen (secondary N) is 1. The second kappa shape index (κ2) is 7.17. The molecule has 0 amide bonds. The van der Waals surface area contributed by atoms with Crippen LogP contribution in [0.25, 0.3) is 0 Å². The van der Waals surface area contributed by atoms with Crippen LogP contribution in [-0.4, -0.2) is 39.5 Å². The van der Waals surface area contributed by atoms with E-state index in [1.807, 2.05) is 0 Å². The molecule has 2 rings (SSSR count). The van der Waals surface area contributed by atoms with Gasteiger partial charge >= 0.3 is 0 Å². The third kappa shape index (κ3) is 4.82. The molecule has 0 aromatic carbocycles. The van der Waals surface area contributed by atoms with E-state index in [0.29, 0.717) is 10.8 Å². The van der Waals surface area contributed by atoms with Gasteiger partial charge in [-0.1, -0.05) is 12.8 Å². The van der Waals surface area contributed by atoms with Gasteiger partial charge in [0, 0.05) is 13.1 Å². The maximum absolute atomic E-state index is 12.0. The van der Waals surface area contributed by atoms with Gasteiger partial charge in [-0.2, -0.15) is 0 Å². The first kappa shape index (κ1) is 15.4. The standard InChI is InChI=1S/C12H19BrN2O2S2/c13-11-5-6-12(18-11)19(16,17)14-7-10-15-8-3-1-2-4-9-15/h5-6,14H,1-4,7-10H2. The number of hydrogen-bond donors (Lipinski definition) is 1. The van der Waals surface area contributed by atoms with E-state index in [1.54, 1.807) is 12.1 Å². The second-order valence-corrected chi connectivity index (χ2v) is 9.17. The zero-order valence-corrected chi connectivity index (χ0v) is 14.0. The van der Waals surface area contributed by atoms with E-state index >= 15 is 0 Å². The van der Waals surface area contributed by atoms with Crippen molar-refractivity contribution in [3.05, 3.63) is 15.9 Å². The third-order valence-corrected chi connectivity index (χ3v) is 6.81. The highest BCUT2D eigenvalue weighted by Gasteiger charge is 2.16. The molecule has 1 saturated heterocycles. The molecule has 108 valence electrons. The normalized spacial score (nSPS) is 18.4. The first-order chi connectivity index (χ1) is 9.08. The molecule has 1 N–H and O–H groups in total. The topological polar surface area (TPSA) is 49.4 Å². The lowest BCUT2D eigenvalue weighted by molar-refractivity contribution is 0.290. The van der Waals surface area contributed by atoms with Crippen molar-refractivity contribution >= 4 is 37.3 Å². The zero-order chi connectivity index (χ0) is 13.7. The molecule has 1 aliphatic heterocycles. The molecular formula is C12H19BrN2O2S2. The van der Waals surface area contributed by atoms with Crippen LogP contribution < -0.4 is 4.72 Å². The van der Waals surface area contributed by atoms with Crippen LogP contribution in [0.4, 0.5) is 0 Å². The molecule has 0 spiro atoms. The van der Waals surface area contributed by atoms with Gasteiger partial charge in [0.2, 0.25) is 10.0 Å². The maximum Gasteiger partial charge on any atom is 0.250 e. The van der Waals surface area contributed by atoms with Crippen LogP contribution in [0.15, 0.2) is 20.1 Å². The first-order valence-corrected chi connectivity index (χ1v) is 9.64. The molecule has 0 radical (unpaired) electrons. The molecule has 1 aliphatic rings. The summed E-state index contributed by atoms with van der Waals surface area (Å²) in [5.41, 5.74) is 0. The first-order valence-electron chi connectivity index (χ1n) is 6.55. The lowest BCUT2D eigenvalue weighted by atomic mass is 10.2. The Balaban J connectivity index is 1.81. The van der Waals surface area contributed by atoms with E-state index in [-0.39, 0.29) is 0 Å². The molecule has 1 aromatic heterocycles. The third-order valence-electron chi connectivity index (χ3n) is 3.23. The molecule has 7 heteroatoms. The summed E-state index contributed by atoms with van der Waals surface area (Å²) in [5, 5.41) is 0. The van der Waals surface area contributed by atoms with Gasteiger partial charge in [-0.3, -0.25) is 0 Å². The minimum Gasteiger partial charge on any atom is -0.302 e. The smallest absolute Gasteiger partial charge is 0.250 e. The molecule has 4 nitrogen and oxygen atoms in total. The van der Waals surface area contributed by atoms with Crippen LogP contribution in [0.3, 0.4) is 0 Å². The van der Waals surface area contributed by atoms with Gasteiger partial charge in [0.05, 0.1) is 3.79 Å². The number of hydrogen-bond acceptors (Lipinski definition) is 4. The summed E-state index contributed by atoms with van der Waals surface area (Å²) >= 11 is 4.52. The predicted octanol–water partition coefficient (Wildman–Crippen LogP) is 2.66. The van der Waals surface area contributed by atoms with E-state index in [9.17, 15) is 8.42 Å². The average molecular weight is 367 g/mol. The molecule has 2 heterocycles. The number of likely N-dealkylation sites (tertiary alicyclic amines) is 1. The van der Waals surface area contributed by atoms with Gasteiger partial charge in [0.25, 0.3) is 0 Å². The van der Waals surface area contributed by atoms with Crippen LogP contribution in [0.2, 0.25) is 0 Å². The molecule has 0 bridgehead atoms. The number of halogens is 1. The predicted molar refractivity (Wildman–Crippen MR) is 82.1 cm³/mol. The number of rotatable bonds is 5. The Morgan fingerprint density at radius 1 is 1.21 bits per heavy atom. The minimum absolute atomic E-state index is 0.371. The fourth-order valence-electron chi connectivity index (χ4n) is 2.21. The summed E-state index contributed by atoms with van der Waals surface area (Å²) in [4.78, 5) is 2.35. The Hall–Kier alpha value is 0.0500. The summed E-state index contributed by atoms with van der Waals surface area (Å²) in [6.45, 7) is 3.46. The van der Waals surface area contributed by atoms with Crippen LogP contribution >= 0.6 is 27.3 Å². The molecule has 19 heavy (non-hydrogen) atoms. The molecule has 0 aliphatic carbocycles. The lowest BCUT2D eigenvalue weighted by Gasteiger charge is -2.19. The number of sulfonamides is 1. The molecule has 0 unspecified atom stereocenters. The van der Waals surface area contributed by atoms with Gasteiger partial charge in [-0.15, -0.1) is 11.3 Å². The average Bonchev–Trinajstić information content (AvgIpc) is 2.64. The van der Waals surface area contributed by atoms with Crippen molar-refractivity contribution in [3.63, 3.8) is 0 Å². The van der Waals surface area contributed by atoms with Crippen LogP contribution in [0.1, 0.15) is 25.7 Å². The summed E-state index contributed by atoms with van der Waals surface area (Å²) in [7, 11) is -3.34. The highest BCUT2D eigenvalue weighted by Crippen LogP contribution is 2.25. The zero-order valence-electron chi connectivity index (χ0n) is 10.8. The fraction of sp³-hybridized carbons (Fsp3) is 0.667. The Morgan fingerprint density at radius 3 is 2.47 bits per heavy atom. The Bertz CT molecular complexity index is 494. The van der Waals surface area contributed by atoms with Crippen LogP contribution in [0, 0.1) is 0 Å². The Morgan fingerprint density at radius 2 is 1.89 bits per heavy atom. The lowest BCUT2D eigenvalue weighted by Crippen LogP contribution is -2.35. The highest BCUT2D eigenvalue weighted by atomic mass is 79.9. The van der Waals surface area contributed by atoms with Gasteiger partial charge in [-0.25, -0.2) is 13.1 Å². The number of nitrogens with zero attached hydrogens (tertiary/aromatic N) is 1. The molecule has 1 fully saturated rings. The molecular weight excluding hydrogens is 348 g/mol. The number of thiophene rings is 1. The summed E-state index contributed by atoms with van der Waals surface area (Å²) < 4.78 is 27.9. The van der Waals surface area contributed by atoms with Crippen molar-refractivity contribution in [1.82, 2.24) is 9.62 Å². The monoisotopic (exact) mass is 366 g/mol. The molecule has 0 saturated carbocycles. The second-order valence-electron chi connectivity index (χ2n) is 4.71. The van der Waals surface area contributed by atoms with E-state index < -0.39 is 10.0 Å². The summed E-state index contributed by atoms with van der Waals surface area (Å²) in [6.07, 6.45) is 5.05. The van der Waals surface area contributed by atoms with E-state index in [2.05, 4.69) is 25.6 Å². The van der Waals surface area contributed by atoms with Crippen LogP contribution in [-0.2, 0) is 10.0 Å². The fourth-order valence-corrected chi connectivity index (χ4v) is 5.29. The van der Waals surface area contributed by atoms with E-state index in [4.69, 9.17) is 0 Å². The van der Waals surface area contributed by atoms with Gasteiger partial charge in [-0.05, 0) is 54.0 Å². The van der Waals surface area contributed by atoms with Crippen molar-refractivity contribution in [1.29, 1.82) is 0 Å². The quantitative estimate of drug-likeness (QED) is 0.871. The highest BCUT2D eigenvalue weighted by molar-refractivity contribution is 9.11. The van der Waals surface area contributed by atoms with E-state index in [1.165, 1.54) is 37.0 Å². The Labute approximate surface area is 127 Å². The van der Waals surface area contributed by atoms with Crippen molar-refractivity contribution in [2.45, 2.75) is 29.9 Å². The summed E-state index contributed by atoms with van der Waals surface area (Å²) in [5.74, 6) is 0. The van der Waals surface area contributed by atoms with Crippen LogP contribution in [0.5, 0.6) is 0 Å². The van der Waals surface area contributed by atoms with E-state index in [0.717, 1.165) is 23.4 Å². The summed E-state index contributed by atoms with van der Waals surface area (Å²) in [6, 6.07) is 3.39. The van der Waals surface area contributed by atoms with Gasteiger partial charge in [0.1, 0.15) is 4.21 Å². The maximum atomic E-state index is 12.0. The van der Waals surface area contributed by atoms with Gasteiger partial charge in [0.15, 0.2) is 0 Å². The van der Waals surface area contributed by atoms with Crippen molar-refractivity contribution in [2.75, 3.05) is 26.2 Å². The molecule has 1 aromatic rings. The Kier molecular flexibility index (Phi) is 5.83. The van der Waals surface area contributed by atoms with Crippen molar-refractivity contribution in [3.8, 4) is 0 Å². The van der Waals surface area contributed by atoms with Crippen molar-refractivity contribution in [2.24, 2.45) is 0 Å². The SMILES string of the molecule is O=S(=O)(NCCN1CCCCCC1)c1ccc(Br)s1.